The summed E-state index contributed by atoms with van der Waals surface area (Å²) in [7, 11) is 2.56. The van der Waals surface area contributed by atoms with Crippen LogP contribution in [0.1, 0.15) is 13.8 Å². The Bertz CT molecular complexity index is 97.1. The summed E-state index contributed by atoms with van der Waals surface area (Å²) in [5.41, 5.74) is 0.0663. The molecule has 1 aliphatic heterocycles. The lowest BCUT2D eigenvalue weighted by molar-refractivity contribution is 0.0811. The van der Waals surface area contributed by atoms with Crippen LogP contribution in [0.5, 0.6) is 0 Å². The SMILES string of the molecule is CC1(C)CO[B]O[B]OC1. The highest BCUT2D eigenvalue weighted by Gasteiger charge is 2.21. The topological polar surface area (TPSA) is 27.7 Å². The first-order valence-electron chi connectivity index (χ1n) is 3.23. The van der Waals surface area contributed by atoms with Crippen molar-refractivity contribution >= 4 is 15.4 Å². The molecule has 0 aromatic rings. The summed E-state index contributed by atoms with van der Waals surface area (Å²) in [5, 5.41) is 0. The van der Waals surface area contributed by atoms with Gasteiger partial charge in [0.05, 0.1) is 0 Å². The van der Waals surface area contributed by atoms with Gasteiger partial charge in [0.25, 0.3) is 0 Å². The lowest BCUT2D eigenvalue weighted by Gasteiger charge is -2.25. The minimum absolute atomic E-state index is 0.0663. The van der Waals surface area contributed by atoms with Crippen molar-refractivity contribution in [3.63, 3.8) is 0 Å². The predicted octanol–water partition coefficient (Wildman–Crippen LogP) is 0.144. The summed E-state index contributed by atoms with van der Waals surface area (Å²) in [4.78, 5) is 0. The van der Waals surface area contributed by atoms with Crippen molar-refractivity contribution in [2.45, 2.75) is 13.8 Å². The maximum absolute atomic E-state index is 5.03. The van der Waals surface area contributed by atoms with E-state index in [9.17, 15) is 0 Å². The van der Waals surface area contributed by atoms with Gasteiger partial charge in [0.1, 0.15) is 0 Å². The fourth-order valence-electron chi connectivity index (χ4n) is 0.662. The summed E-state index contributed by atoms with van der Waals surface area (Å²) < 4.78 is 14.7. The van der Waals surface area contributed by atoms with Crippen LogP contribution in [-0.2, 0) is 13.9 Å². The fraction of sp³-hybridized carbons (Fsp3) is 1.00. The Kier molecular flexibility index (Phi) is 2.77. The predicted molar refractivity (Wildman–Crippen MR) is 38.3 cm³/mol. The molecule has 1 heterocycles. The summed E-state index contributed by atoms with van der Waals surface area (Å²) in [6, 6.07) is 0. The second-order valence-corrected chi connectivity index (χ2v) is 3.11. The van der Waals surface area contributed by atoms with Crippen LogP contribution in [0.15, 0.2) is 0 Å². The van der Waals surface area contributed by atoms with Crippen LogP contribution >= 0.6 is 0 Å². The molecule has 0 amide bonds. The van der Waals surface area contributed by atoms with Gasteiger partial charge in [-0.05, 0) is 0 Å². The van der Waals surface area contributed by atoms with Gasteiger partial charge in [0, 0.05) is 18.6 Å². The van der Waals surface area contributed by atoms with Crippen molar-refractivity contribution in [3.8, 4) is 0 Å². The average Bonchev–Trinajstić information content (AvgIpc) is 1.81. The van der Waals surface area contributed by atoms with Gasteiger partial charge < -0.3 is 13.9 Å². The first kappa shape index (κ1) is 8.11. The van der Waals surface area contributed by atoms with E-state index in [0.29, 0.717) is 13.2 Å². The van der Waals surface area contributed by atoms with Gasteiger partial charge >= 0.3 is 15.4 Å². The molecule has 10 heavy (non-hydrogen) atoms. The summed E-state index contributed by atoms with van der Waals surface area (Å²) >= 11 is 0. The molecular weight excluding hydrogens is 130 g/mol. The van der Waals surface area contributed by atoms with Crippen molar-refractivity contribution in [2.75, 3.05) is 13.2 Å². The highest BCUT2D eigenvalue weighted by Crippen LogP contribution is 2.16. The molecule has 3 nitrogen and oxygen atoms in total. The number of hydrogen-bond acceptors (Lipinski definition) is 3. The Hall–Kier alpha value is 0.00987. The maximum atomic E-state index is 5.03. The lowest BCUT2D eigenvalue weighted by atomic mass is 9.95. The summed E-state index contributed by atoms with van der Waals surface area (Å²) in [6.07, 6.45) is 0. The van der Waals surface area contributed by atoms with Crippen LogP contribution in [0, 0.1) is 5.41 Å². The van der Waals surface area contributed by atoms with E-state index < -0.39 is 0 Å². The average molecular weight is 140 g/mol. The Morgan fingerprint density at radius 1 is 1.10 bits per heavy atom. The molecule has 1 aliphatic rings. The van der Waals surface area contributed by atoms with E-state index in [2.05, 4.69) is 18.4 Å². The van der Waals surface area contributed by atoms with Crippen molar-refractivity contribution in [1.82, 2.24) is 0 Å². The molecular formula is C5H10B2O3. The molecule has 0 atom stereocenters. The Morgan fingerprint density at radius 3 is 2.10 bits per heavy atom. The van der Waals surface area contributed by atoms with Gasteiger partial charge in [0.15, 0.2) is 0 Å². The van der Waals surface area contributed by atoms with E-state index in [-0.39, 0.29) is 5.41 Å². The Labute approximate surface area is 62.6 Å². The van der Waals surface area contributed by atoms with E-state index in [0.717, 1.165) is 0 Å². The first-order chi connectivity index (χ1) is 4.71. The zero-order chi connectivity index (χ0) is 7.45. The van der Waals surface area contributed by atoms with Gasteiger partial charge in [-0.2, -0.15) is 0 Å². The summed E-state index contributed by atoms with van der Waals surface area (Å²) in [6.45, 7) is 5.39. The number of rotatable bonds is 0. The molecule has 0 unspecified atom stereocenters. The minimum atomic E-state index is 0.0663. The first-order valence-corrected chi connectivity index (χ1v) is 3.23. The van der Waals surface area contributed by atoms with E-state index in [1.807, 2.05) is 0 Å². The molecule has 1 saturated heterocycles. The van der Waals surface area contributed by atoms with Gasteiger partial charge in [0.2, 0.25) is 0 Å². The fourth-order valence-corrected chi connectivity index (χ4v) is 0.662. The van der Waals surface area contributed by atoms with E-state index in [4.69, 9.17) is 9.31 Å². The Balaban J connectivity index is 2.30. The minimum Gasteiger partial charge on any atom is -0.456 e. The standard InChI is InChI=1S/C5H10B2O3/c1-5(2)3-8-6-10-7-9-4-5/h3-4H2,1-2H3. The highest BCUT2D eigenvalue weighted by atomic mass is 16.6. The quantitative estimate of drug-likeness (QED) is 0.448. The third-order valence-electron chi connectivity index (χ3n) is 1.20. The molecule has 5 heteroatoms. The molecule has 54 valence electrons. The molecule has 0 aliphatic carbocycles. The molecule has 0 aromatic heterocycles. The van der Waals surface area contributed by atoms with Crippen LogP contribution < -0.4 is 0 Å². The number of hydrogen-bond donors (Lipinski definition) is 0. The van der Waals surface area contributed by atoms with Crippen LogP contribution in [0.25, 0.3) is 0 Å². The van der Waals surface area contributed by atoms with Gasteiger partial charge in [-0.1, -0.05) is 13.8 Å². The van der Waals surface area contributed by atoms with Gasteiger partial charge in [-0.3, -0.25) is 0 Å². The van der Waals surface area contributed by atoms with Crippen molar-refractivity contribution in [2.24, 2.45) is 5.41 Å². The highest BCUT2D eigenvalue weighted by molar-refractivity contribution is 6.34. The van der Waals surface area contributed by atoms with Gasteiger partial charge in [-0.25, -0.2) is 0 Å². The summed E-state index contributed by atoms with van der Waals surface area (Å²) in [5.74, 6) is 0. The lowest BCUT2D eigenvalue weighted by Crippen LogP contribution is -2.31. The molecule has 0 N–H and O–H groups in total. The maximum Gasteiger partial charge on any atom is 0.472 e. The zero-order valence-electron chi connectivity index (χ0n) is 6.29. The third-order valence-corrected chi connectivity index (χ3v) is 1.20. The molecule has 1 rings (SSSR count). The van der Waals surface area contributed by atoms with E-state index in [1.165, 1.54) is 15.4 Å². The molecule has 0 aromatic carbocycles. The van der Waals surface area contributed by atoms with Gasteiger partial charge in [-0.15, -0.1) is 0 Å². The molecule has 0 bridgehead atoms. The monoisotopic (exact) mass is 140 g/mol. The smallest absolute Gasteiger partial charge is 0.456 e. The molecule has 0 spiro atoms. The van der Waals surface area contributed by atoms with Crippen LogP contribution in [0.3, 0.4) is 0 Å². The third kappa shape index (κ3) is 2.73. The molecule has 1 fully saturated rings. The van der Waals surface area contributed by atoms with Crippen molar-refractivity contribution in [1.29, 1.82) is 0 Å². The van der Waals surface area contributed by atoms with E-state index >= 15 is 0 Å². The normalized spacial score (nSPS) is 25.4. The van der Waals surface area contributed by atoms with E-state index in [1.54, 1.807) is 0 Å². The largest absolute Gasteiger partial charge is 0.472 e. The second kappa shape index (κ2) is 3.42. The molecule has 2 radical (unpaired) electrons. The van der Waals surface area contributed by atoms with Crippen molar-refractivity contribution < 1.29 is 13.9 Å². The van der Waals surface area contributed by atoms with Crippen LogP contribution in [-0.4, -0.2) is 28.6 Å². The van der Waals surface area contributed by atoms with Crippen LogP contribution in [0.4, 0.5) is 0 Å². The van der Waals surface area contributed by atoms with Crippen molar-refractivity contribution in [3.05, 3.63) is 0 Å². The second-order valence-electron chi connectivity index (χ2n) is 3.11. The van der Waals surface area contributed by atoms with Crippen LogP contribution in [0.2, 0.25) is 0 Å². The zero-order valence-corrected chi connectivity index (χ0v) is 6.29. The molecule has 0 saturated carbocycles. The Morgan fingerprint density at radius 2 is 1.60 bits per heavy atom.